The van der Waals surface area contributed by atoms with Crippen molar-refractivity contribution in [2.45, 2.75) is 59.0 Å². The minimum Gasteiger partial charge on any atom is -0.349 e. The Hall–Kier alpha value is -1.35. The van der Waals surface area contributed by atoms with Crippen molar-refractivity contribution in [3.8, 4) is 0 Å². The molecule has 1 aliphatic rings. The van der Waals surface area contributed by atoms with E-state index in [0.29, 0.717) is 5.92 Å². The van der Waals surface area contributed by atoms with E-state index in [1.807, 2.05) is 13.8 Å². The number of rotatable bonds is 4. The smallest absolute Gasteiger partial charge is 0.223 e. The summed E-state index contributed by atoms with van der Waals surface area (Å²) in [5.74, 6) is 0.568. The second kappa shape index (κ2) is 6.61. The Labute approximate surface area is 128 Å². The average molecular weight is 288 g/mol. The van der Waals surface area contributed by atoms with Crippen molar-refractivity contribution < 1.29 is 4.79 Å². The first-order valence-corrected chi connectivity index (χ1v) is 8.08. The maximum atomic E-state index is 12.0. The summed E-state index contributed by atoms with van der Waals surface area (Å²) in [6, 6.07) is 6.75. The summed E-state index contributed by atoms with van der Waals surface area (Å²) in [4.78, 5) is 12.0. The number of carbonyl (C=O) groups excluding carboxylic acids is 1. The van der Waals surface area contributed by atoms with Crippen LogP contribution in [0.1, 0.15) is 69.3 Å². The lowest BCUT2D eigenvalue weighted by atomic mass is 9.84. The van der Waals surface area contributed by atoms with Crippen LogP contribution in [0.25, 0.3) is 0 Å². The first-order chi connectivity index (χ1) is 9.90. The van der Waals surface area contributed by atoms with E-state index in [9.17, 15) is 4.79 Å². The van der Waals surface area contributed by atoms with Gasteiger partial charge in [-0.05, 0) is 41.9 Å². The predicted molar refractivity (Wildman–Crippen MR) is 86.9 cm³/mol. The van der Waals surface area contributed by atoms with Crippen molar-refractivity contribution in [2.24, 2.45) is 17.6 Å². The number of nitrogens with two attached hydrogens (primary N) is 1. The minimum absolute atomic E-state index is 0.0245. The standard InChI is InChI=1S/C18H28N2O/c1-11(2)17(19)14-9-8-13-6-5-7-16(15(13)10-14)20-18(21)12(3)4/h8-12,16-17H,5-7,19H2,1-4H3,(H,20,21). The molecule has 3 nitrogen and oxygen atoms in total. The van der Waals surface area contributed by atoms with E-state index < -0.39 is 0 Å². The van der Waals surface area contributed by atoms with Gasteiger partial charge in [-0.25, -0.2) is 0 Å². The van der Waals surface area contributed by atoms with Crippen molar-refractivity contribution >= 4 is 5.91 Å². The van der Waals surface area contributed by atoms with Gasteiger partial charge in [-0.1, -0.05) is 45.9 Å². The number of nitrogens with one attached hydrogen (secondary N) is 1. The van der Waals surface area contributed by atoms with Crippen molar-refractivity contribution in [3.63, 3.8) is 0 Å². The molecule has 1 aliphatic carbocycles. The quantitative estimate of drug-likeness (QED) is 0.891. The van der Waals surface area contributed by atoms with Crippen LogP contribution in [0.4, 0.5) is 0 Å². The van der Waals surface area contributed by atoms with Gasteiger partial charge in [0.2, 0.25) is 5.91 Å². The van der Waals surface area contributed by atoms with Crippen LogP contribution in [-0.2, 0) is 11.2 Å². The molecule has 0 fully saturated rings. The zero-order valence-corrected chi connectivity index (χ0v) is 13.6. The molecule has 21 heavy (non-hydrogen) atoms. The fraction of sp³-hybridized carbons (Fsp3) is 0.611. The number of hydrogen-bond donors (Lipinski definition) is 2. The molecule has 2 rings (SSSR count). The Bertz CT molecular complexity index is 508. The molecular formula is C18H28N2O. The highest BCUT2D eigenvalue weighted by Crippen LogP contribution is 2.32. The summed E-state index contributed by atoms with van der Waals surface area (Å²) in [7, 11) is 0. The third-order valence-corrected chi connectivity index (χ3v) is 4.43. The number of carbonyl (C=O) groups is 1. The van der Waals surface area contributed by atoms with Crippen LogP contribution in [0, 0.1) is 11.8 Å². The topological polar surface area (TPSA) is 55.1 Å². The van der Waals surface area contributed by atoms with E-state index >= 15 is 0 Å². The Kier molecular flexibility index (Phi) is 5.04. The van der Waals surface area contributed by atoms with E-state index in [1.165, 1.54) is 16.7 Å². The summed E-state index contributed by atoms with van der Waals surface area (Å²) in [6.45, 7) is 8.15. The highest BCUT2D eigenvalue weighted by atomic mass is 16.1. The predicted octanol–water partition coefficient (Wildman–Crippen LogP) is 3.49. The molecule has 0 aliphatic heterocycles. The zero-order valence-electron chi connectivity index (χ0n) is 13.6. The van der Waals surface area contributed by atoms with Crippen LogP contribution >= 0.6 is 0 Å². The molecule has 0 saturated carbocycles. The van der Waals surface area contributed by atoms with Crippen molar-refractivity contribution in [3.05, 3.63) is 34.9 Å². The Balaban J connectivity index is 2.27. The van der Waals surface area contributed by atoms with E-state index in [0.717, 1.165) is 19.3 Å². The summed E-state index contributed by atoms with van der Waals surface area (Å²) in [6.07, 6.45) is 3.25. The first kappa shape index (κ1) is 16.0. The normalized spacial score (nSPS) is 19.5. The molecule has 0 heterocycles. The van der Waals surface area contributed by atoms with Crippen LogP contribution in [0.3, 0.4) is 0 Å². The van der Waals surface area contributed by atoms with Gasteiger partial charge in [0.05, 0.1) is 6.04 Å². The number of aryl methyl sites for hydroxylation is 1. The third-order valence-electron chi connectivity index (χ3n) is 4.43. The second-order valence-corrected chi connectivity index (χ2v) is 6.84. The summed E-state index contributed by atoms with van der Waals surface area (Å²) < 4.78 is 0. The van der Waals surface area contributed by atoms with Crippen LogP contribution < -0.4 is 11.1 Å². The maximum absolute atomic E-state index is 12.0. The third kappa shape index (κ3) is 3.65. The molecule has 3 N–H and O–H groups in total. The molecule has 0 saturated heterocycles. The average Bonchev–Trinajstić information content (AvgIpc) is 2.46. The molecule has 1 amide bonds. The van der Waals surface area contributed by atoms with Gasteiger partial charge in [0, 0.05) is 12.0 Å². The monoisotopic (exact) mass is 288 g/mol. The number of amides is 1. The highest BCUT2D eigenvalue weighted by Gasteiger charge is 2.24. The van der Waals surface area contributed by atoms with Gasteiger partial charge < -0.3 is 11.1 Å². The second-order valence-electron chi connectivity index (χ2n) is 6.84. The van der Waals surface area contributed by atoms with Crippen molar-refractivity contribution in [1.82, 2.24) is 5.32 Å². The Morgan fingerprint density at radius 2 is 2.00 bits per heavy atom. The van der Waals surface area contributed by atoms with E-state index in [2.05, 4.69) is 37.4 Å². The van der Waals surface area contributed by atoms with Gasteiger partial charge in [-0.15, -0.1) is 0 Å². The molecule has 0 spiro atoms. The van der Waals surface area contributed by atoms with Gasteiger partial charge in [0.25, 0.3) is 0 Å². The fourth-order valence-electron chi connectivity index (χ4n) is 2.90. The number of fused-ring (bicyclic) bond motifs is 1. The lowest BCUT2D eigenvalue weighted by molar-refractivity contribution is -0.124. The molecule has 0 aromatic heterocycles. The van der Waals surface area contributed by atoms with Gasteiger partial charge in [0.1, 0.15) is 0 Å². The van der Waals surface area contributed by atoms with E-state index in [1.54, 1.807) is 0 Å². The Morgan fingerprint density at radius 1 is 1.29 bits per heavy atom. The zero-order chi connectivity index (χ0) is 15.6. The molecule has 3 heteroatoms. The molecule has 1 aromatic carbocycles. The van der Waals surface area contributed by atoms with Crippen molar-refractivity contribution in [2.75, 3.05) is 0 Å². The minimum atomic E-state index is 0.0245. The molecule has 1 aromatic rings. The lowest BCUT2D eigenvalue weighted by Gasteiger charge is -2.29. The molecule has 0 bridgehead atoms. The summed E-state index contributed by atoms with van der Waals surface area (Å²) in [5, 5.41) is 3.19. The number of hydrogen-bond acceptors (Lipinski definition) is 2. The van der Waals surface area contributed by atoms with Gasteiger partial charge in [-0.2, -0.15) is 0 Å². The highest BCUT2D eigenvalue weighted by molar-refractivity contribution is 5.78. The van der Waals surface area contributed by atoms with Gasteiger partial charge in [-0.3, -0.25) is 4.79 Å². The summed E-state index contributed by atoms with van der Waals surface area (Å²) in [5.41, 5.74) is 10.1. The van der Waals surface area contributed by atoms with Crippen LogP contribution in [-0.4, -0.2) is 5.91 Å². The lowest BCUT2D eigenvalue weighted by Crippen LogP contribution is -2.34. The molecule has 2 unspecified atom stereocenters. The van der Waals surface area contributed by atoms with Crippen LogP contribution in [0.15, 0.2) is 18.2 Å². The molecule has 2 atom stereocenters. The Morgan fingerprint density at radius 3 is 2.62 bits per heavy atom. The summed E-state index contributed by atoms with van der Waals surface area (Å²) >= 11 is 0. The van der Waals surface area contributed by atoms with Gasteiger partial charge >= 0.3 is 0 Å². The molecule has 116 valence electrons. The van der Waals surface area contributed by atoms with E-state index in [-0.39, 0.29) is 23.9 Å². The van der Waals surface area contributed by atoms with Gasteiger partial charge in [0.15, 0.2) is 0 Å². The van der Waals surface area contributed by atoms with Crippen LogP contribution in [0.2, 0.25) is 0 Å². The van der Waals surface area contributed by atoms with E-state index in [4.69, 9.17) is 5.73 Å². The maximum Gasteiger partial charge on any atom is 0.223 e. The van der Waals surface area contributed by atoms with Crippen LogP contribution in [0.5, 0.6) is 0 Å². The fourth-order valence-corrected chi connectivity index (χ4v) is 2.90. The largest absolute Gasteiger partial charge is 0.349 e. The molecular weight excluding hydrogens is 260 g/mol. The number of benzene rings is 1. The first-order valence-electron chi connectivity index (χ1n) is 8.08. The molecule has 0 radical (unpaired) electrons. The SMILES string of the molecule is CC(C)C(=O)NC1CCCc2ccc(C(N)C(C)C)cc21. The van der Waals surface area contributed by atoms with Crippen molar-refractivity contribution in [1.29, 1.82) is 0 Å².